The van der Waals surface area contributed by atoms with Gasteiger partial charge < -0.3 is 10.1 Å². The Morgan fingerprint density at radius 1 is 1.39 bits per heavy atom. The molecule has 1 aliphatic rings. The number of hydrogen-bond donors (Lipinski definition) is 1. The van der Waals surface area contributed by atoms with Gasteiger partial charge in [0.1, 0.15) is 0 Å². The fourth-order valence-corrected chi connectivity index (χ4v) is 2.19. The minimum absolute atomic E-state index is 0.275. The molecule has 1 aliphatic heterocycles. The molecular formula is C13H18F2N2O. The molecule has 1 heterocycles. The molecule has 100 valence electrons. The monoisotopic (exact) mass is 256 g/mol. The van der Waals surface area contributed by atoms with Gasteiger partial charge in [0.2, 0.25) is 0 Å². The summed E-state index contributed by atoms with van der Waals surface area (Å²) in [5.74, 6) is -1.58. The van der Waals surface area contributed by atoms with Gasteiger partial charge in [-0.25, -0.2) is 8.78 Å². The molecule has 0 saturated carbocycles. The summed E-state index contributed by atoms with van der Waals surface area (Å²) in [6.45, 7) is 3.61. The molecule has 5 heteroatoms. The van der Waals surface area contributed by atoms with Crippen molar-refractivity contribution in [1.29, 1.82) is 0 Å². The van der Waals surface area contributed by atoms with E-state index in [4.69, 9.17) is 4.74 Å². The zero-order valence-corrected chi connectivity index (χ0v) is 10.5. The molecule has 0 aromatic heterocycles. The highest BCUT2D eigenvalue weighted by Gasteiger charge is 2.22. The van der Waals surface area contributed by atoms with Gasteiger partial charge in [-0.05, 0) is 24.7 Å². The first-order chi connectivity index (χ1) is 8.70. The van der Waals surface area contributed by atoms with E-state index in [0.29, 0.717) is 19.8 Å². The van der Waals surface area contributed by atoms with Crippen molar-refractivity contribution in [3.63, 3.8) is 0 Å². The maximum Gasteiger partial charge on any atom is 0.159 e. The van der Waals surface area contributed by atoms with Crippen molar-refractivity contribution in [2.24, 2.45) is 0 Å². The van der Waals surface area contributed by atoms with Crippen LogP contribution in [0.1, 0.15) is 5.56 Å². The van der Waals surface area contributed by atoms with Gasteiger partial charge in [-0.15, -0.1) is 0 Å². The van der Waals surface area contributed by atoms with Crippen LogP contribution in [0.15, 0.2) is 18.2 Å². The molecule has 1 aromatic carbocycles. The number of hydrogen-bond acceptors (Lipinski definition) is 3. The molecule has 1 saturated heterocycles. The largest absolute Gasteiger partial charge is 0.378 e. The first kappa shape index (κ1) is 13.4. The molecule has 0 aliphatic carbocycles. The van der Waals surface area contributed by atoms with E-state index in [1.54, 1.807) is 6.07 Å². The summed E-state index contributed by atoms with van der Waals surface area (Å²) in [5, 5.41) is 3.12. The lowest BCUT2D eigenvalue weighted by atomic mass is 10.1. The smallest absolute Gasteiger partial charge is 0.159 e. The van der Waals surface area contributed by atoms with Crippen molar-refractivity contribution in [2.75, 3.05) is 33.4 Å². The Hall–Kier alpha value is -1.04. The summed E-state index contributed by atoms with van der Waals surface area (Å²) in [5.41, 5.74) is 0.789. The van der Waals surface area contributed by atoms with Gasteiger partial charge in [-0.1, -0.05) is 6.07 Å². The third-order valence-corrected chi connectivity index (χ3v) is 3.16. The van der Waals surface area contributed by atoms with Gasteiger partial charge in [-0.2, -0.15) is 0 Å². The van der Waals surface area contributed by atoms with Crippen LogP contribution in [0, 0.1) is 11.6 Å². The fraction of sp³-hybridized carbons (Fsp3) is 0.538. The lowest BCUT2D eigenvalue weighted by molar-refractivity contribution is -0.0103. The Morgan fingerprint density at radius 3 is 2.94 bits per heavy atom. The highest BCUT2D eigenvalue weighted by atomic mass is 19.2. The summed E-state index contributed by atoms with van der Waals surface area (Å²) >= 11 is 0. The molecule has 1 fully saturated rings. The quantitative estimate of drug-likeness (QED) is 0.881. The fourth-order valence-electron chi connectivity index (χ4n) is 2.19. The molecule has 0 radical (unpaired) electrons. The third kappa shape index (κ3) is 3.25. The second-order valence-corrected chi connectivity index (χ2v) is 4.51. The predicted octanol–water partition coefficient (Wildman–Crippen LogP) is 1.39. The molecular weight excluding hydrogens is 238 g/mol. The van der Waals surface area contributed by atoms with E-state index in [1.165, 1.54) is 12.1 Å². The molecule has 1 atom stereocenters. The average Bonchev–Trinajstić information content (AvgIpc) is 2.37. The molecule has 0 bridgehead atoms. The van der Waals surface area contributed by atoms with Gasteiger partial charge in [0.05, 0.1) is 13.2 Å². The number of halogens is 2. The zero-order chi connectivity index (χ0) is 13.0. The van der Waals surface area contributed by atoms with Crippen molar-refractivity contribution in [2.45, 2.75) is 12.6 Å². The van der Waals surface area contributed by atoms with E-state index in [1.807, 2.05) is 7.05 Å². The predicted molar refractivity (Wildman–Crippen MR) is 65.3 cm³/mol. The van der Waals surface area contributed by atoms with Crippen LogP contribution in [0.5, 0.6) is 0 Å². The van der Waals surface area contributed by atoms with Gasteiger partial charge in [0.15, 0.2) is 11.6 Å². The minimum Gasteiger partial charge on any atom is -0.378 e. The van der Waals surface area contributed by atoms with Crippen LogP contribution in [0.3, 0.4) is 0 Å². The highest BCUT2D eigenvalue weighted by molar-refractivity contribution is 5.17. The molecule has 1 aromatic rings. The van der Waals surface area contributed by atoms with Crippen molar-refractivity contribution in [1.82, 2.24) is 10.2 Å². The Kier molecular flexibility index (Phi) is 4.63. The Morgan fingerprint density at radius 2 is 2.22 bits per heavy atom. The number of rotatable bonds is 4. The molecule has 0 amide bonds. The van der Waals surface area contributed by atoms with Crippen LogP contribution in [-0.4, -0.2) is 44.3 Å². The summed E-state index contributed by atoms with van der Waals surface area (Å²) in [6, 6.07) is 4.35. The lowest BCUT2D eigenvalue weighted by Crippen LogP contribution is -2.49. The molecule has 1 unspecified atom stereocenters. The van der Waals surface area contributed by atoms with E-state index in [2.05, 4.69) is 10.2 Å². The number of nitrogens with zero attached hydrogens (tertiary/aromatic N) is 1. The first-order valence-electron chi connectivity index (χ1n) is 6.11. The van der Waals surface area contributed by atoms with Gasteiger partial charge in [-0.3, -0.25) is 4.90 Å². The number of benzene rings is 1. The van der Waals surface area contributed by atoms with Crippen LogP contribution in [0.4, 0.5) is 8.78 Å². The Labute approximate surface area is 106 Å². The molecule has 0 spiro atoms. The third-order valence-electron chi connectivity index (χ3n) is 3.16. The first-order valence-corrected chi connectivity index (χ1v) is 6.11. The Balaban J connectivity index is 2.03. The van der Waals surface area contributed by atoms with E-state index in [0.717, 1.165) is 18.7 Å². The number of likely N-dealkylation sites (N-methyl/N-ethyl adjacent to an activating group) is 1. The van der Waals surface area contributed by atoms with Crippen molar-refractivity contribution < 1.29 is 13.5 Å². The Bertz CT molecular complexity index is 399. The van der Waals surface area contributed by atoms with Crippen molar-refractivity contribution in [3.8, 4) is 0 Å². The van der Waals surface area contributed by atoms with Crippen molar-refractivity contribution >= 4 is 0 Å². The van der Waals surface area contributed by atoms with Crippen molar-refractivity contribution in [3.05, 3.63) is 35.4 Å². The maximum absolute atomic E-state index is 13.1. The summed E-state index contributed by atoms with van der Waals surface area (Å²) in [4.78, 5) is 2.23. The number of ether oxygens (including phenoxy) is 1. The standard InChI is InChI=1S/C13H18F2N2O/c1-16-7-11-9-18-5-4-17(11)8-10-2-3-12(14)13(15)6-10/h2-3,6,11,16H,4-5,7-9H2,1H3. The molecule has 3 nitrogen and oxygen atoms in total. The van der Waals surface area contributed by atoms with E-state index in [-0.39, 0.29) is 6.04 Å². The summed E-state index contributed by atoms with van der Waals surface area (Å²) in [6.07, 6.45) is 0. The maximum atomic E-state index is 13.1. The zero-order valence-electron chi connectivity index (χ0n) is 10.5. The topological polar surface area (TPSA) is 24.5 Å². The van der Waals surface area contributed by atoms with E-state index >= 15 is 0 Å². The minimum atomic E-state index is -0.799. The van der Waals surface area contributed by atoms with Gasteiger partial charge in [0.25, 0.3) is 0 Å². The lowest BCUT2D eigenvalue weighted by Gasteiger charge is -2.35. The van der Waals surface area contributed by atoms with Crippen LogP contribution < -0.4 is 5.32 Å². The molecule has 2 rings (SSSR count). The van der Waals surface area contributed by atoms with Gasteiger partial charge in [0, 0.05) is 25.7 Å². The number of morpholine rings is 1. The second kappa shape index (κ2) is 6.22. The highest BCUT2D eigenvalue weighted by Crippen LogP contribution is 2.14. The van der Waals surface area contributed by atoms with Crippen LogP contribution in [-0.2, 0) is 11.3 Å². The number of nitrogens with one attached hydrogen (secondary N) is 1. The SMILES string of the molecule is CNCC1COCCN1Cc1ccc(F)c(F)c1. The molecule has 18 heavy (non-hydrogen) atoms. The average molecular weight is 256 g/mol. The van der Waals surface area contributed by atoms with Gasteiger partial charge >= 0.3 is 0 Å². The van der Waals surface area contributed by atoms with E-state index < -0.39 is 11.6 Å². The molecule has 1 N–H and O–H groups in total. The second-order valence-electron chi connectivity index (χ2n) is 4.51. The van der Waals surface area contributed by atoms with Crippen LogP contribution in [0.2, 0.25) is 0 Å². The summed E-state index contributed by atoms with van der Waals surface area (Å²) in [7, 11) is 1.89. The van der Waals surface area contributed by atoms with Crippen LogP contribution in [0.25, 0.3) is 0 Å². The van der Waals surface area contributed by atoms with Crippen LogP contribution >= 0.6 is 0 Å². The van der Waals surface area contributed by atoms with E-state index in [9.17, 15) is 8.78 Å². The normalized spacial score (nSPS) is 21.2. The summed E-state index contributed by atoms with van der Waals surface area (Å²) < 4.78 is 31.4.